The average molecular weight is 387 g/mol. The molecule has 5 nitrogen and oxygen atoms in total. The molecule has 0 saturated heterocycles. The van der Waals surface area contributed by atoms with Crippen LogP contribution in [0.1, 0.15) is 0 Å². The van der Waals surface area contributed by atoms with Crippen molar-refractivity contribution in [2.45, 2.75) is 0 Å². The molecule has 3 aromatic heterocycles. The molecule has 0 amide bonds. The minimum atomic E-state index is 0.848. The van der Waals surface area contributed by atoms with Crippen molar-refractivity contribution in [1.82, 2.24) is 24.4 Å². The second-order valence-corrected chi connectivity index (χ2v) is 7.11. The van der Waals surface area contributed by atoms with Gasteiger partial charge in [-0.15, -0.1) is 5.10 Å². The fraction of sp³-hybridized carbons (Fsp3) is 0. The van der Waals surface area contributed by atoms with Gasteiger partial charge in [-0.25, -0.2) is 9.67 Å². The lowest BCUT2D eigenvalue weighted by Gasteiger charge is -2.08. The molecular formula is C25H17N5. The predicted octanol–water partition coefficient (Wildman–Crippen LogP) is 5.40. The maximum atomic E-state index is 4.69. The molecule has 0 fully saturated rings. The van der Waals surface area contributed by atoms with Gasteiger partial charge in [-0.2, -0.15) is 0 Å². The molecule has 0 atom stereocenters. The molecule has 6 aromatic rings. The fourth-order valence-corrected chi connectivity index (χ4v) is 4.04. The van der Waals surface area contributed by atoms with Crippen LogP contribution in [0, 0.1) is 0 Å². The Kier molecular flexibility index (Phi) is 3.71. The highest BCUT2D eigenvalue weighted by molar-refractivity contribution is 5.98. The quantitative estimate of drug-likeness (QED) is 0.408. The van der Waals surface area contributed by atoms with E-state index in [2.05, 4.69) is 56.1 Å². The predicted molar refractivity (Wildman–Crippen MR) is 118 cm³/mol. The van der Waals surface area contributed by atoms with Gasteiger partial charge in [-0.3, -0.25) is 4.40 Å². The number of hydrogen-bond acceptors (Lipinski definition) is 3. The van der Waals surface area contributed by atoms with Crippen LogP contribution in [-0.4, -0.2) is 24.4 Å². The van der Waals surface area contributed by atoms with E-state index in [0.29, 0.717) is 0 Å². The Hall–Kier alpha value is -4.25. The van der Waals surface area contributed by atoms with Crippen LogP contribution in [0.5, 0.6) is 0 Å². The van der Waals surface area contributed by atoms with Crippen LogP contribution < -0.4 is 0 Å². The van der Waals surface area contributed by atoms with Crippen molar-refractivity contribution in [3.63, 3.8) is 0 Å². The summed E-state index contributed by atoms with van der Waals surface area (Å²) in [6.45, 7) is 0. The van der Waals surface area contributed by atoms with E-state index < -0.39 is 0 Å². The molecule has 0 spiro atoms. The fourth-order valence-electron chi connectivity index (χ4n) is 4.04. The summed E-state index contributed by atoms with van der Waals surface area (Å²) >= 11 is 0. The summed E-state index contributed by atoms with van der Waals surface area (Å²) in [6.07, 6.45) is 3.85. The maximum absolute atomic E-state index is 4.69. The zero-order valence-electron chi connectivity index (χ0n) is 16.1. The van der Waals surface area contributed by atoms with Gasteiger partial charge in [-0.05, 0) is 12.1 Å². The molecule has 0 aliphatic carbocycles. The van der Waals surface area contributed by atoms with Crippen molar-refractivity contribution >= 4 is 16.6 Å². The van der Waals surface area contributed by atoms with E-state index in [4.69, 9.17) is 0 Å². The highest BCUT2D eigenvalue weighted by atomic mass is 15.4. The first-order chi connectivity index (χ1) is 14.9. The molecule has 0 N–H and O–H groups in total. The summed E-state index contributed by atoms with van der Waals surface area (Å²) in [5.41, 5.74) is 6.75. The number of aromatic nitrogens is 5. The van der Waals surface area contributed by atoms with E-state index in [1.54, 1.807) is 0 Å². The van der Waals surface area contributed by atoms with Gasteiger partial charge in [0.1, 0.15) is 17.1 Å². The van der Waals surface area contributed by atoms with Crippen molar-refractivity contribution in [3.8, 4) is 28.2 Å². The highest BCUT2D eigenvalue weighted by Crippen LogP contribution is 2.36. The van der Waals surface area contributed by atoms with E-state index in [1.165, 1.54) is 0 Å². The van der Waals surface area contributed by atoms with Crippen LogP contribution in [0.2, 0.25) is 0 Å². The minimum absolute atomic E-state index is 0.848. The average Bonchev–Trinajstić information content (AvgIpc) is 3.39. The molecule has 0 radical (unpaired) electrons. The molecule has 6 rings (SSSR count). The lowest BCUT2D eigenvalue weighted by atomic mass is 10.0. The number of benzene rings is 3. The van der Waals surface area contributed by atoms with Crippen LogP contribution >= 0.6 is 0 Å². The zero-order valence-corrected chi connectivity index (χ0v) is 16.1. The number of rotatable bonds is 3. The molecule has 0 aliphatic heterocycles. The summed E-state index contributed by atoms with van der Waals surface area (Å²) in [7, 11) is 0. The Morgan fingerprint density at radius 3 is 2.17 bits per heavy atom. The Balaban J connectivity index is 1.74. The Labute approximate surface area is 172 Å². The van der Waals surface area contributed by atoms with Gasteiger partial charge in [0.05, 0.1) is 5.52 Å². The third-order valence-electron chi connectivity index (χ3n) is 5.35. The highest BCUT2D eigenvalue weighted by Gasteiger charge is 2.22. The number of nitrogens with zero attached hydrogens (tertiary/aromatic N) is 5. The standard InChI is InChI=1S/C25H17N5/c1-3-10-18(11-4-1)22-23(19-12-5-2-6-13-19)30(28-27-22)24-20-14-7-8-15-21(20)29-17-9-16-26-25(24)29/h1-17H. The van der Waals surface area contributed by atoms with Crippen molar-refractivity contribution in [1.29, 1.82) is 0 Å². The normalized spacial score (nSPS) is 11.3. The number of hydrogen-bond donors (Lipinski definition) is 0. The van der Waals surface area contributed by atoms with E-state index in [9.17, 15) is 0 Å². The first kappa shape index (κ1) is 16.7. The smallest absolute Gasteiger partial charge is 0.164 e. The molecule has 0 unspecified atom stereocenters. The van der Waals surface area contributed by atoms with Gasteiger partial charge in [0.25, 0.3) is 0 Å². The van der Waals surface area contributed by atoms with E-state index in [1.807, 2.05) is 71.7 Å². The Bertz CT molecular complexity index is 1430. The second kappa shape index (κ2) is 6.67. The Morgan fingerprint density at radius 2 is 1.37 bits per heavy atom. The summed E-state index contributed by atoms with van der Waals surface area (Å²) in [5, 5.41) is 10.3. The first-order valence-electron chi connectivity index (χ1n) is 9.82. The molecule has 30 heavy (non-hydrogen) atoms. The van der Waals surface area contributed by atoms with Gasteiger partial charge in [0, 0.05) is 28.9 Å². The SMILES string of the molecule is c1ccc(-c2nnn(-c3c4ccccc4n4cccnc34)c2-c2ccccc2)cc1. The third-order valence-corrected chi connectivity index (χ3v) is 5.35. The number of para-hydroxylation sites is 1. The molecule has 3 aromatic carbocycles. The van der Waals surface area contributed by atoms with Crippen LogP contribution in [0.4, 0.5) is 0 Å². The third kappa shape index (κ3) is 2.46. The monoisotopic (exact) mass is 387 g/mol. The summed E-state index contributed by atoms with van der Waals surface area (Å²) < 4.78 is 4.03. The van der Waals surface area contributed by atoms with Crippen LogP contribution in [-0.2, 0) is 0 Å². The van der Waals surface area contributed by atoms with Gasteiger partial charge < -0.3 is 0 Å². The first-order valence-corrected chi connectivity index (χ1v) is 9.82. The van der Waals surface area contributed by atoms with Gasteiger partial charge in [-0.1, -0.05) is 84.1 Å². The van der Waals surface area contributed by atoms with E-state index >= 15 is 0 Å². The molecule has 0 aliphatic rings. The van der Waals surface area contributed by atoms with E-state index in [0.717, 1.165) is 44.8 Å². The van der Waals surface area contributed by atoms with E-state index in [-0.39, 0.29) is 0 Å². The topological polar surface area (TPSA) is 48.0 Å². The number of fused-ring (bicyclic) bond motifs is 3. The largest absolute Gasteiger partial charge is 0.299 e. The minimum Gasteiger partial charge on any atom is -0.299 e. The summed E-state index contributed by atoms with van der Waals surface area (Å²) in [4.78, 5) is 4.69. The zero-order chi connectivity index (χ0) is 19.9. The van der Waals surface area contributed by atoms with Gasteiger partial charge >= 0.3 is 0 Å². The van der Waals surface area contributed by atoms with Crippen molar-refractivity contribution in [2.24, 2.45) is 0 Å². The molecule has 3 heterocycles. The maximum Gasteiger partial charge on any atom is 0.164 e. The Morgan fingerprint density at radius 1 is 0.667 bits per heavy atom. The van der Waals surface area contributed by atoms with Crippen LogP contribution in [0.3, 0.4) is 0 Å². The summed E-state index contributed by atoms with van der Waals surface area (Å²) in [6, 6.07) is 30.7. The molecule has 0 saturated carbocycles. The van der Waals surface area contributed by atoms with Gasteiger partial charge in [0.15, 0.2) is 5.65 Å². The lowest BCUT2D eigenvalue weighted by Crippen LogP contribution is -2.01. The van der Waals surface area contributed by atoms with Crippen LogP contribution in [0.15, 0.2) is 103 Å². The molecule has 0 bridgehead atoms. The molecule has 5 heteroatoms. The van der Waals surface area contributed by atoms with Crippen LogP contribution in [0.25, 0.3) is 44.8 Å². The van der Waals surface area contributed by atoms with Gasteiger partial charge in [0.2, 0.25) is 0 Å². The lowest BCUT2D eigenvalue weighted by molar-refractivity contribution is 0.815. The second-order valence-electron chi connectivity index (χ2n) is 7.11. The molecular weight excluding hydrogens is 370 g/mol. The van der Waals surface area contributed by atoms with Crippen molar-refractivity contribution < 1.29 is 0 Å². The summed E-state index contributed by atoms with van der Waals surface area (Å²) in [5.74, 6) is 0. The molecule has 142 valence electrons. The van der Waals surface area contributed by atoms with Crippen molar-refractivity contribution in [3.05, 3.63) is 103 Å². The van der Waals surface area contributed by atoms with Crippen molar-refractivity contribution in [2.75, 3.05) is 0 Å².